The molecule has 2 aromatic rings. The molecule has 3 rings (SSSR count). The largest absolute Gasteiger partial charge is 0.388 e. The first-order chi connectivity index (χ1) is 12.9. The average Bonchev–Trinajstić information content (AvgIpc) is 2.66. The van der Waals surface area contributed by atoms with Gasteiger partial charge in [-0.15, -0.1) is 0 Å². The lowest BCUT2D eigenvalue weighted by molar-refractivity contribution is 0.00525. The fraction of sp³-hybridized carbons (Fsp3) is 0.450. The predicted octanol–water partition coefficient (Wildman–Crippen LogP) is 2.27. The number of rotatable bonds is 5. The van der Waals surface area contributed by atoms with Gasteiger partial charge in [0.2, 0.25) is 0 Å². The van der Waals surface area contributed by atoms with Gasteiger partial charge in [0.15, 0.2) is 0 Å². The summed E-state index contributed by atoms with van der Waals surface area (Å²) in [7, 11) is 1.81. The molecule has 0 atom stereocenters. The molecular formula is C20H26N4O3. The van der Waals surface area contributed by atoms with E-state index in [-0.39, 0.29) is 12.5 Å². The van der Waals surface area contributed by atoms with Gasteiger partial charge in [-0.25, -0.2) is 9.78 Å². The highest BCUT2D eigenvalue weighted by Gasteiger charge is 2.29. The third kappa shape index (κ3) is 4.54. The van der Waals surface area contributed by atoms with Crippen molar-refractivity contribution >= 4 is 17.4 Å². The number of anilines is 2. The van der Waals surface area contributed by atoms with Gasteiger partial charge in [-0.05, 0) is 43.5 Å². The number of nitrogens with zero attached hydrogens (tertiary/aromatic N) is 2. The van der Waals surface area contributed by atoms with Crippen LogP contribution in [-0.2, 0) is 0 Å². The highest BCUT2D eigenvalue weighted by Crippen LogP contribution is 2.28. The average molecular weight is 370 g/mol. The molecule has 0 radical (unpaired) electrons. The van der Waals surface area contributed by atoms with Gasteiger partial charge in [-0.3, -0.25) is 9.78 Å². The smallest absolute Gasteiger partial charge is 0.346 e. The third-order valence-electron chi connectivity index (χ3n) is 5.24. The Morgan fingerprint density at radius 2 is 2.04 bits per heavy atom. The Kier molecular flexibility index (Phi) is 5.60. The zero-order chi connectivity index (χ0) is 19.4. The number of hydrogen-bond acceptors (Lipinski definition) is 5. The number of aromatic amines is 1. The van der Waals surface area contributed by atoms with Crippen LogP contribution in [0.3, 0.4) is 0 Å². The fourth-order valence-electron chi connectivity index (χ4n) is 3.48. The molecular weight excluding hydrogens is 344 g/mol. The molecule has 0 saturated heterocycles. The van der Waals surface area contributed by atoms with Crippen molar-refractivity contribution in [3.63, 3.8) is 0 Å². The number of amides is 1. The van der Waals surface area contributed by atoms with E-state index in [1.54, 1.807) is 17.0 Å². The lowest BCUT2D eigenvalue weighted by Gasteiger charge is -2.32. The van der Waals surface area contributed by atoms with Crippen LogP contribution in [0.4, 0.5) is 11.5 Å². The van der Waals surface area contributed by atoms with Crippen molar-refractivity contribution in [2.75, 3.05) is 18.5 Å². The second-order valence-corrected chi connectivity index (χ2v) is 7.29. The van der Waals surface area contributed by atoms with E-state index in [4.69, 9.17) is 0 Å². The van der Waals surface area contributed by atoms with E-state index in [9.17, 15) is 14.7 Å². The Morgan fingerprint density at radius 1 is 1.30 bits per heavy atom. The molecule has 1 heterocycles. The molecule has 0 bridgehead atoms. The molecule has 1 saturated carbocycles. The standard InChI is InChI=1S/C20H26N4O3/c1-14-6-7-15(24(2)17-8-11-21-19(26)23-17)12-16(14)18(25)22-13-20(27)9-4-3-5-10-20/h6-8,11-12,27H,3-5,9-10,13H2,1-2H3,(H,22,25)(H,21,23,26). The SMILES string of the molecule is Cc1ccc(N(C)c2ccnc(=O)[nH]2)cc1C(=O)NCC1(O)CCCCC1. The van der Waals surface area contributed by atoms with Crippen LogP contribution in [0.15, 0.2) is 35.3 Å². The van der Waals surface area contributed by atoms with Crippen LogP contribution in [-0.4, -0.2) is 40.2 Å². The van der Waals surface area contributed by atoms with Crippen LogP contribution in [0.2, 0.25) is 0 Å². The number of carbonyl (C=O) groups excluding carboxylic acids is 1. The summed E-state index contributed by atoms with van der Waals surface area (Å²) in [5, 5.41) is 13.5. The Hall–Kier alpha value is -2.67. The first-order valence-electron chi connectivity index (χ1n) is 9.28. The number of aliphatic hydroxyl groups is 1. The summed E-state index contributed by atoms with van der Waals surface area (Å²) in [5.41, 5.74) is 0.944. The van der Waals surface area contributed by atoms with Crippen molar-refractivity contribution in [2.24, 2.45) is 0 Å². The van der Waals surface area contributed by atoms with Gasteiger partial charge in [0.1, 0.15) is 5.82 Å². The molecule has 27 heavy (non-hydrogen) atoms. The summed E-state index contributed by atoms with van der Waals surface area (Å²) >= 11 is 0. The maximum atomic E-state index is 12.7. The van der Waals surface area contributed by atoms with Crippen LogP contribution in [0.1, 0.15) is 48.0 Å². The minimum atomic E-state index is -0.799. The maximum absolute atomic E-state index is 12.7. The van der Waals surface area contributed by atoms with Gasteiger partial charge in [0.05, 0.1) is 5.60 Å². The van der Waals surface area contributed by atoms with E-state index in [1.165, 1.54) is 6.20 Å². The molecule has 0 aliphatic heterocycles. The molecule has 0 spiro atoms. The predicted molar refractivity (Wildman–Crippen MR) is 104 cm³/mol. The summed E-state index contributed by atoms with van der Waals surface area (Å²) < 4.78 is 0. The second-order valence-electron chi connectivity index (χ2n) is 7.29. The highest BCUT2D eigenvalue weighted by atomic mass is 16.3. The monoisotopic (exact) mass is 370 g/mol. The number of benzene rings is 1. The molecule has 1 amide bonds. The van der Waals surface area contributed by atoms with E-state index in [2.05, 4.69) is 15.3 Å². The Balaban J connectivity index is 1.76. The fourth-order valence-corrected chi connectivity index (χ4v) is 3.48. The minimum Gasteiger partial charge on any atom is -0.388 e. The summed E-state index contributed by atoms with van der Waals surface area (Å²) in [6.45, 7) is 2.14. The van der Waals surface area contributed by atoms with Gasteiger partial charge in [-0.2, -0.15) is 0 Å². The van der Waals surface area contributed by atoms with E-state index >= 15 is 0 Å². The number of nitrogens with one attached hydrogen (secondary N) is 2. The zero-order valence-corrected chi connectivity index (χ0v) is 15.8. The molecule has 1 aliphatic carbocycles. The molecule has 3 N–H and O–H groups in total. The molecule has 7 heteroatoms. The van der Waals surface area contributed by atoms with Gasteiger partial charge >= 0.3 is 5.69 Å². The number of aryl methyl sites for hydroxylation is 1. The molecule has 1 aromatic carbocycles. The number of carbonyl (C=O) groups is 1. The summed E-state index contributed by atoms with van der Waals surface area (Å²) in [5.74, 6) is 0.381. The van der Waals surface area contributed by atoms with Crippen LogP contribution in [0, 0.1) is 6.92 Å². The molecule has 7 nitrogen and oxygen atoms in total. The second kappa shape index (κ2) is 7.92. The Morgan fingerprint density at radius 3 is 2.74 bits per heavy atom. The number of aromatic nitrogens is 2. The first-order valence-corrected chi connectivity index (χ1v) is 9.28. The molecule has 1 fully saturated rings. The van der Waals surface area contributed by atoms with Crippen molar-refractivity contribution in [1.82, 2.24) is 15.3 Å². The minimum absolute atomic E-state index is 0.204. The summed E-state index contributed by atoms with van der Waals surface area (Å²) in [6.07, 6.45) is 6.03. The highest BCUT2D eigenvalue weighted by molar-refractivity contribution is 5.96. The van der Waals surface area contributed by atoms with Crippen LogP contribution < -0.4 is 15.9 Å². The van der Waals surface area contributed by atoms with E-state index < -0.39 is 11.3 Å². The lowest BCUT2D eigenvalue weighted by Crippen LogP contribution is -2.44. The van der Waals surface area contributed by atoms with Crippen molar-refractivity contribution in [1.29, 1.82) is 0 Å². The van der Waals surface area contributed by atoms with Gasteiger partial charge in [0, 0.05) is 31.0 Å². The van der Waals surface area contributed by atoms with Crippen molar-refractivity contribution in [3.05, 3.63) is 52.1 Å². The van der Waals surface area contributed by atoms with Gasteiger partial charge in [-0.1, -0.05) is 25.3 Å². The van der Waals surface area contributed by atoms with E-state index in [0.29, 0.717) is 11.4 Å². The maximum Gasteiger partial charge on any atom is 0.346 e. The van der Waals surface area contributed by atoms with Gasteiger partial charge < -0.3 is 15.3 Å². The summed E-state index contributed by atoms with van der Waals surface area (Å²) in [6, 6.07) is 7.24. The Labute approximate surface area is 158 Å². The Bertz CT molecular complexity index is 872. The third-order valence-corrected chi connectivity index (χ3v) is 5.24. The van der Waals surface area contributed by atoms with E-state index in [1.807, 2.05) is 26.1 Å². The van der Waals surface area contributed by atoms with Crippen LogP contribution in [0.5, 0.6) is 0 Å². The topological polar surface area (TPSA) is 98.3 Å². The quantitative estimate of drug-likeness (QED) is 0.750. The van der Waals surface area contributed by atoms with Crippen molar-refractivity contribution in [2.45, 2.75) is 44.6 Å². The molecule has 1 aromatic heterocycles. The van der Waals surface area contributed by atoms with Crippen molar-refractivity contribution < 1.29 is 9.90 Å². The molecule has 144 valence electrons. The number of hydrogen-bond donors (Lipinski definition) is 3. The van der Waals surface area contributed by atoms with Gasteiger partial charge in [0.25, 0.3) is 5.91 Å². The van der Waals surface area contributed by atoms with Crippen molar-refractivity contribution in [3.8, 4) is 0 Å². The molecule has 1 aliphatic rings. The van der Waals surface area contributed by atoms with Crippen LogP contribution in [0.25, 0.3) is 0 Å². The first kappa shape index (κ1) is 19.1. The van der Waals surface area contributed by atoms with Crippen LogP contribution >= 0.6 is 0 Å². The normalized spacial score (nSPS) is 16.0. The lowest BCUT2D eigenvalue weighted by atomic mass is 9.85. The number of H-pyrrole nitrogens is 1. The van der Waals surface area contributed by atoms with E-state index in [0.717, 1.165) is 43.4 Å². The molecule has 0 unspecified atom stereocenters. The summed E-state index contributed by atoms with van der Waals surface area (Å²) in [4.78, 5) is 32.2. The zero-order valence-electron chi connectivity index (χ0n) is 15.8.